The molecule has 0 radical (unpaired) electrons. The third-order valence-corrected chi connectivity index (χ3v) is 4.80. The lowest BCUT2D eigenvalue weighted by Gasteiger charge is -2.30. The van der Waals surface area contributed by atoms with Gasteiger partial charge < -0.3 is 25.3 Å². The van der Waals surface area contributed by atoms with E-state index in [1.54, 1.807) is 6.92 Å². The van der Waals surface area contributed by atoms with Crippen LogP contribution < -0.4 is 15.9 Å². The number of hydrogen-bond acceptors (Lipinski definition) is 5. The second kappa shape index (κ2) is 4.47. The second-order valence-electron chi connectivity index (χ2n) is 6.49. The topological polar surface area (TPSA) is 115 Å². The van der Waals surface area contributed by atoms with Crippen molar-refractivity contribution in [1.82, 2.24) is 4.57 Å². The van der Waals surface area contributed by atoms with Crippen molar-refractivity contribution in [3.05, 3.63) is 33.4 Å². The predicted molar refractivity (Wildman–Crippen MR) is 82.1 cm³/mol. The first-order valence-corrected chi connectivity index (χ1v) is 7.55. The molecule has 0 saturated heterocycles. The number of benzene rings is 1. The molecule has 2 heterocycles. The summed E-state index contributed by atoms with van der Waals surface area (Å²) in [4.78, 5) is 23.8. The molecule has 1 fully saturated rings. The summed E-state index contributed by atoms with van der Waals surface area (Å²) in [6.07, 6.45) is 2.29. The maximum atomic E-state index is 14.8. The minimum Gasteiger partial charge on any atom is -0.504 e. The van der Waals surface area contributed by atoms with Crippen LogP contribution in [0, 0.1) is 5.82 Å². The zero-order chi connectivity index (χ0) is 17.4. The average molecular weight is 334 g/mol. The Labute approximate surface area is 135 Å². The standard InChI is InChI=1S/C16H15FN2O5/c1-6-5-24-14-9(16(18)2-3-16)10(17)13(21)8-11(14)19(6)4-7(12(8)20)15(22)23/h4,6,21H,2-3,5,18H2,1H3,(H,22,23). The van der Waals surface area contributed by atoms with E-state index in [0.29, 0.717) is 12.8 Å². The van der Waals surface area contributed by atoms with Gasteiger partial charge in [0.1, 0.15) is 12.2 Å². The fourth-order valence-corrected chi connectivity index (χ4v) is 3.28. The molecule has 1 aliphatic heterocycles. The van der Waals surface area contributed by atoms with Crippen LogP contribution in [0.3, 0.4) is 0 Å². The Hall–Kier alpha value is -2.61. The molecule has 1 aliphatic carbocycles. The van der Waals surface area contributed by atoms with E-state index in [2.05, 4.69) is 0 Å². The van der Waals surface area contributed by atoms with Crippen LogP contribution in [0.15, 0.2) is 11.0 Å². The van der Waals surface area contributed by atoms with Crippen molar-refractivity contribution in [2.75, 3.05) is 6.61 Å². The predicted octanol–water partition coefficient (Wildman–Crippen LogP) is 1.45. The lowest BCUT2D eigenvalue weighted by atomic mass is 9.97. The average Bonchev–Trinajstić information content (AvgIpc) is 3.26. The molecule has 0 spiro atoms. The fourth-order valence-electron chi connectivity index (χ4n) is 3.28. The monoisotopic (exact) mass is 334 g/mol. The molecule has 0 bridgehead atoms. The van der Waals surface area contributed by atoms with E-state index in [-0.39, 0.29) is 34.9 Å². The molecule has 1 saturated carbocycles. The highest BCUT2D eigenvalue weighted by Crippen LogP contribution is 2.52. The summed E-state index contributed by atoms with van der Waals surface area (Å²) < 4.78 is 22.0. The van der Waals surface area contributed by atoms with Crippen molar-refractivity contribution in [3.8, 4) is 11.5 Å². The van der Waals surface area contributed by atoms with Crippen LogP contribution in [-0.2, 0) is 5.54 Å². The van der Waals surface area contributed by atoms with Crippen molar-refractivity contribution in [2.45, 2.75) is 31.3 Å². The largest absolute Gasteiger partial charge is 0.504 e. The summed E-state index contributed by atoms with van der Waals surface area (Å²) in [5.41, 5.74) is 3.95. The Balaban J connectivity index is 2.25. The van der Waals surface area contributed by atoms with Gasteiger partial charge in [0.25, 0.3) is 0 Å². The third kappa shape index (κ3) is 1.74. The van der Waals surface area contributed by atoms with E-state index in [0.717, 1.165) is 0 Å². The lowest BCUT2D eigenvalue weighted by Crippen LogP contribution is -2.30. The van der Waals surface area contributed by atoms with Crippen molar-refractivity contribution >= 4 is 16.9 Å². The number of nitrogens with two attached hydrogens (primary N) is 1. The third-order valence-electron chi connectivity index (χ3n) is 4.80. The molecule has 2 aliphatic rings. The molecule has 4 rings (SSSR count). The number of ether oxygens (including phenoxy) is 1. The Morgan fingerprint density at radius 1 is 1.50 bits per heavy atom. The number of aromatic carboxylic acids is 1. The van der Waals surface area contributed by atoms with Crippen molar-refractivity contribution < 1.29 is 24.1 Å². The Kier molecular flexibility index (Phi) is 2.79. The number of phenolic OH excluding ortho intramolecular Hbond substituents is 1. The molecule has 1 atom stereocenters. The summed E-state index contributed by atoms with van der Waals surface area (Å²) in [7, 11) is 0. The minimum absolute atomic E-state index is 0.0515. The molecule has 7 nitrogen and oxygen atoms in total. The Morgan fingerprint density at radius 3 is 2.75 bits per heavy atom. The first-order valence-electron chi connectivity index (χ1n) is 7.55. The van der Waals surface area contributed by atoms with Gasteiger partial charge in [-0.15, -0.1) is 0 Å². The van der Waals surface area contributed by atoms with Gasteiger partial charge >= 0.3 is 5.97 Å². The van der Waals surface area contributed by atoms with E-state index in [1.807, 2.05) is 0 Å². The van der Waals surface area contributed by atoms with Crippen LogP contribution in [-0.4, -0.2) is 27.4 Å². The van der Waals surface area contributed by atoms with Gasteiger partial charge in [0.05, 0.1) is 22.5 Å². The normalized spacial score (nSPS) is 20.7. The van der Waals surface area contributed by atoms with Gasteiger partial charge in [-0.25, -0.2) is 9.18 Å². The van der Waals surface area contributed by atoms with E-state index < -0.39 is 34.1 Å². The number of halogens is 1. The SMILES string of the molecule is CC1COc2c(C3(N)CC3)c(F)c(O)c3c(=O)c(C(=O)O)cn1c23. The van der Waals surface area contributed by atoms with Gasteiger partial charge in [-0.2, -0.15) is 0 Å². The lowest BCUT2D eigenvalue weighted by molar-refractivity contribution is 0.0694. The zero-order valence-corrected chi connectivity index (χ0v) is 12.8. The van der Waals surface area contributed by atoms with Crippen LogP contribution in [0.4, 0.5) is 4.39 Å². The summed E-state index contributed by atoms with van der Waals surface area (Å²) in [6.45, 7) is 1.95. The zero-order valence-electron chi connectivity index (χ0n) is 12.8. The quantitative estimate of drug-likeness (QED) is 0.766. The van der Waals surface area contributed by atoms with Gasteiger partial charge in [0.2, 0.25) is 5.43 Å². The molecule has 2 aromatic rings. The number of aromatic nitrogens is 1. The molecular weight excluding hydrogens is 319 g/mol. The molecule has 1 aromatic heterocycles. The van der Waals surface area contributed by atoms with E-state index >= 15 is 0 Å². The highest BCUT2D eigenvalue weighted by Gasteiger charge is 2.47. The molecular formula is C16H15FN2O5. The van der Waals surface area contributed by atoms with Crippen molar-refractivity contribution in [2.24, 2.45) is 5.73 Å². The number of hydrogen-bond donors (Lipinski definition) is 3. The number of carbonyl (C=O) groups is 1. The molecule has 8 heteroatoms. The number of nitrogens with zero attached hydrogens (tertiary/aromatic N) is 1. The summed E-state index contributed by atoms with van der Waals surface area (Å²) in [5, 5.41) is 19.1. The van der Waals surface area contributed by atoms with Gasteiger partial charge in [-0.05, 0) is 19.8 Å². The van der Waals surface area contributed by atoms with Gasteiger partial charge in [-0.1, -0.05) is 0 Å². The van der Waals surface area contributed by atoms with Gasteiger partial charge in [-0.3, -0.25) is 4.79 Å². The molecule has 1 unspecified atom stereocenters. The van der Waals surface area contributed by atoms with Gasteiger partial charge in [0, 0.05) is 11.7 Å². The van der Waals surface area contributed by atoms with Gasteiger partial charge in [0.15, 0.2) is 17.3 Å². The summed E-state index contributed by atoms with van der Waals surface area (Å²) in [5.74, 6) is -3.21. The molecule has 4 N–H and O–H groups in total. The Bertz CT molecular complexity index is 977. The maximum absolute atomic E-state index is 14.8. The van der Waals surface area contributed by atoms with E-state index in [9.17, 15) is 24.2 Å². The summed E-state index contributed by atoms with van der Waals surface area (Å²) >= 11 is 0. The number of pyridine rings is 1. The smallest absolute Gasteiger partial charge is 0.341 e. The molecule has 1 aromatic carbocycles. The van der Waals surface area contributed by atoms with Crippen LogP contribution >= 0.6 is 0 Å². The van der Waals surface area contributed by atoms with Crippen molar-refractivity contribution in [3.63, 3.8) is 0 Å². The second-order valence-corrected chi connectivity index (χ2v) is 6.49. The number of carboxylic acid groups (broad SMARTS) is 1. The Morgan fingerprint density at radius 2 is 2.17 bits per heavy atom. The first kappa shape index (κ1) is 14.9. The molecule has 0 amide bonds. The van der Waals surface area contributed by atoms with Crippen LogP contribution in [0.1, 0.15) is 41.7 Å². The van der Waals surface area contributed by atoms with Crippen LogP contribution in [0.2, 0.25) is 0 Å². The minimum atomic E-state index is -1.44. The number of rotatable bonds is 2. The van der Waals surface area contributed by atoms with E-state index in [4.69, 9.17) is 10.5 Å². The van der Waals surface area contributed by atoms with Crippen LogP contribution in [0.5, 0.6) is 11.5 Å². The highest BCUT2D eigenvalue weighted by atomic mass is 19.1. The van der Waals surface area contributed by atoms with Crippen molar-refractivity contribution in [1.29, 1.82) is 0 Å². The number of aromatic hydroxyl groups is 1. The number of phenols is 1. The highest BCUT2D eigenvalue weighted by molar-refractivity contribution is 5.98. The molecule has 126 valence electrons. The maximum Gasteiger partial charge on any atom is 0.341 e. The van der Waals surface area contributed by atoms with E-state index in [1.165, 1.54) is 10.8 Å². The fraction of sp³-hybridized carbons (Fsp3) is 0.375. The molecule has 24 heavy (non-hydrogen) atoms. The first-order chi connectivity index (χ1) is 11.3. The summed E-state index contributed by atoms with van der Waals surface area (Å²) in [6, 6.07) is -0.288. The van der Waals surface area contributed by atoms with Crippen LogP contribution in [0.25, 0.3) is 10.9 Å². The number of carboxylic acids is 1.